The number of aromatic nitrogens is 1. The number of nitrogens with zero attached hydrogens (tertiary/aromatic N) is 1. The molecule has 0 radical (unpaired) electrons. The standard InChI is InChI=1S/C16H18N4O4/c1-16(2)8-12(10-7-9(17)3-5-13(10)24-16)19-15(21)11-4-6-14(18-11)20(22)23/h3-7,12,18H,8,17H2,1-2H3,(H,19,21). The van der Waals surface area contributed by atoms with E-state index in [9.17, 15) is 14.9 Å². The van der Waals surface area contributed by atoms with Crippen molar-refractivity contribution in [2.24, 2.45) is 0 Å². The molecule has 8 nitrogen and oxygen atoms in total. The maximum Gasteiger partial charge on any atom is 0.321 e. The molecule has 1 aliphatic heterocycles. The van der Waals surface area contributed by atoms with Crippen molar-refractivity contribution in [3.63, 3.8) is 0 Å². The van der Waals surface area contributed by atoms with E-state index < -0.39 is 16.4 Å². The number of H-pyrrole nitrogens is 1. The third kappa shape index (κ3) is 3.03. The van der Waals surface area contributed by atoms with E-state index in [1.807, 2.05) is 13.8 Å². The lowest BCUT2D eigenvalue weighted by Gasteiger charge is -2.37. The molecule has 1 amide bonds. The number of amides is 1. The van der Waals surface area contributed by atoms with Crippen molar-refractivity contribution in [1.29, 1.82) is 0 Å². The monoisotopic (exact) mass is 330 g/mol. The highest BCUT2D eigenvalue weighted by Gasteiger charge is 2.35. The minimum atomic E-state index is -0.579. The highest BCUT2D eigenvalue weighted by Crippen LogP contribution is 2.40. The molecular weight excluding hydrogens is 312 g/mol. The maximum atomic E-state index is 12.4. The summed E-state index contributed by atoms with van der Waals surface area (Å²) < 4.78 is 5.92. The SMILES string of the molecule is CC1(C)CC(NC(=O)c2ccc([N+](=O)[O-])[nH]2)c2cc(N)ccc2O1. The summed E-state index contributed by atoms with van der Waals surface area (Å²) in [7, 11) is 0. The molecule has 1 aromatic heterocycles. The topological polar surface area (TPSA) is 123 Å². The summed E-state index contributed by atoms with van der Waals surface area (Å²) in [5, 5.41) is 13.6. The molecule has 1 aromatic carbocycles. The number of nitrogen functional groups attached to an aromatic ring is 1. The molecule has 126 valence electrons. The Morgan fingerprint density at radius 1 is 1.42 bits per heavy atom. The molecule has 3 rings (SSSR count). The van der Waals surface area contributed by atoms with Crippen LogP contribution in [0.5, 0.6) is 5.75 Å². The lowest BCUT2D eigenvalue weighted by molar-refractivity contribution is -0.389. The molecule has 0 fully saturated rings. The second kappa shape index (κ2) is 5.55. The van der Waals surface area contributed by atoms with Gasteiger partial charge < -0.3 is 25.9 Å². The molecule has 0 bridgehead atoms. The minimum absolute atomic E-state index is 0.136. The largest absolute Gasteiger partial charge is 0.487 e. The van der Waals surface area contributed by atoms with Crippen LogP contribution in [-0.4, -0.2) is 21.4 Å². The molecule has 1 aliphatic rings. The molecule has 1 unspecified atom stereocenters. The fraction of sp³-hybridized carbons (Fsp3) is 0.312. The number of fused-ring (bicyclic) bond motifs is 1. The number of hydrogen-bond donors (Lipinski definition) is 3. The average molecular weight is 330 g/mol. The van der Waals surface area contributed by atoms with Crippen molar-refractivity contribution in [2.45, 2.75) is 31.9 Å². The van der Waals surface area contributed by atoms with E-state index in [2.05, 4.69) is 10.3 Å². The number of nitro groups is 1. The lowest BCUT2D eigenvalue weighted by Crippen LogP contribution is -2.41. The van der Waals surface area contributed by atoms with E-state index in [0.29, 0.717) is 17.9 Å². The van der Waals surface area contributed by atoms with Crippen LogP contribution >= 0.6 is 0 Å². The second-order valence-electron chi connectivity index (χ2n) is 6.40. The number of nitrogens with two attached hydrogens (primary N) is 1. The Labute approximate surface area is 138 Å². The highest BCUT2D eigenvalue weighted by molar-refractivity contribution is 5.93. The number of nitrogens with one attached hydrogen (secondary N) is 2. The first-order chi connectivity index (χ1) is 11.2. The number of rotatable bonds is 3. The van der Waals surface area contributed by atoms with Crippen molar-refractivity contribution in [3.05, 3.63) is 51.7 Å². The molecular formula is C16H18N4O4. The smallest absolute Gasteiger partial charge is 0.321 e. The molecule has 0 saturated carbocycles. The third-order valence-electron chi connectivity index (χ3n) is 3.91. The Morgan fingerprint density at radius 3 is 2.83 bits per heavy atom. The number of carbonyl (C=O) groups excluding carboxylic acids is 1. The molecule has 0 saturated heterocycles. The van der Waals surface area contributed by atoms with E-state index in [1.165, 1.54) is 12.1 Å². The summed E-state index contributed by atoms with van der Waals surface area (Å²) in [4.78, 5) is 25.1. The zero-order valence-corrected chi connectivity index (χ0v) is 13.3. The molecule has 8 heteroatoms. The number of anilines is 1. The van der Waals surface area contributed by atoms with E-state index in [-0.39, 0.29) is 17.6 Å². The van der Waals surface area contributed by atoms with Gasteiger partial charge in [-0.3, -0.25) is 4.79 Å². The number of benzene rings is 1. The van der Waals surface area contributed by atoms with Crippen molar-refractivity contribution in [1.82, 2.24) is 10.3 Å². The van der Waals surface area contributed by atoms with Gasteiger partial charge in [-0.25, -0.2) is 4.98 Å². The predicted molar refractivity (Wildman–Crippen MR) is 87.8 cm³/mol. The van der Waals surface area contributed by atoms with Crippen LogP contribution in [0.2, 0.25) is 0 Å². The summed E-state index contributed by atoms with van der Waals surface area (Å²) in [6, 6.07) is 7.64. The second-order valence-corrected chi connectivity index (χ2v) is 6.40. The summed E-state index contributed by atoms with van der Waals surface area (Å²) in [5.74, 6) is 0.0273. The van der Waals surface area contributed by atoms with Gasteiger partial charge in [0.15, 0.2) is 5.69 Å². The number of hydrogen-bond acceptors (Lipinski definition) is 5. The molecule has 1 atom stereocenters. The average Bonchev–Trinajstić information content (AvgIpc) is 2.97. The summed E-state index contributed by atoms with van der Waals surface area (Å²) in [5.41, 5.74) is 6.89. The van der Waals surface area contributed by atoms with Gasteiger partial charge in [0.25, 0.3) is 5.91 Å². The Morgan fingerprint density at radius 2 is 2.17 bits per heavy atom. The minimum Gasteiger partial charge on any atom is -0.487 e. The number of aromatic amines is 1. The fourth-order valence-corrected chi connectivity index (χ4v) is 2.86. The van der Waals surface area contributed by atoms with E-state index in [4.69, 9.17) is 10.5 Å². The van der Waals surface area contributed by atoms with Crippen LogP contribution in [0.15, 0.2) is 30.3 Å². The van der Waals surface area contributed by atoms with Gasteiger partial charge in [0.2, 0.25) is 0 Å². The summed E-state index contributed by atoms with van der Waals surface area (Å²) in [6.07, 6.45) is 0.554. The van der Waals surface area contributed by atoms with E-state index in [0.717, 1.165) is 5.56 Å². The summed E-state index contributed by atoms with van der Waals surface area (Å²) >= 11 is 0. The molecule has 0 aliphatic carbocycles. The van der Waals surface area contributed by atoms with Crippen molar-refractivity contribution >= 4 is 17.4 Å². The third-order valence-corrected chi connectivity index (χ3v) is 3.91. The number of carbonyl (C=O) groups is 1. The van der Waals surface area contributed by atoms with Crippen LogP contribution < -0.4 is 15.8 Å². The zero-order valence-electron chi connectivity index (χ0n) is 13.3. The summed E-state index contributed by atoms with van der Waals surface area (Å²) in [6.45, 7) is 3.87. The van der Waals surface area contributed by atoms with Gasteiger partial charge in [-0.2, -0.15) is 0 Å². The highest BCUT2D eigenvalue weighted by atomic mass is 16.6. The van der Waals surface area contributed by atoms with Gasteiger partial charge in [-0.05, 0) is 43.0 Å². The molecule has 0 spiro atoms. The molecule has 4 N–H and O–H groups in total. The Hall–Kier alpha value is -3.03. The quantitative estimate of drug-likeness (QED) is 0.453. The zero-order chi connectivity index (χ0) is 17.5. The molecule has 24 heavy (non-hydrogen) atoms. The Kier molecular flexibility index (Phi) is 3.67. The van der Waals surface area contributed by atoms with Gasteiger partial charge in [0.1, 0.15) is 11.4 Å². The van der Waals surface area contributed by atoms with Crippen LogP contribution in [0.25, 0.3) is 0 Å². The van der Waals surface area contributed by atoms with Gasteiger partial charge in [0.05, 0.1) is 6.04 Å². The number of ether oxygens (including phenoxy) is 1. The van der Waals surface area contributed by atoms with Crippen LogP contribution in [0.1, 0.15) is 42.4 Å². The predicted octanol–water partition coefficient (Wildman–Crippen LogP) is 2.54. The maximum absolute atomic E-state index is 12.4. The van der Waals surface area contributed by atoms with Gasteiger partial charge in [-0.15, -0.1) is 0 Å². The lowest BCUT2D eigenvalue weighted by atomic mass is 9.89. The van der Waals surface area contributed by atoms with Crippen LogP contribution in [0.3, 0.4) is 0 Å². The van der Waals surface area contributed by atoms with E-state index in [1.54, 1.807) is 18.2 Å². The van der Waals surface area contributed by atoms with E-state index >= 15 is 0 Å². The van der Waals surface area contributed by atoms with Crippen molar-refractivity contribution in [3.8, 4) is 5.75 Å². The first-order valence-corrected chi connectivity index (χ1v) is 7.48. The van der Waals surface area contributed by atoms with Crippen molar-refractivity contribution < 1.29 is 14.5 Å². The van der Waals surface area contributed by atoms with Crippen molar-refractivity contribution in [2.75, 3.05) is 5.73 Å². The van der Waals surface area contributed by atoms with Gasteiger partial charge in [0, 0.05) is 23.7 Å². The van der Waals surface area contributed by atoms with Crippen LogP contribution in [0, 0.1) is 10.1 Å². The van der Waals surface area contributed by atoms with Gasteiger partial charge >= 0.3 is 5.82 Å². The Bertz CT molecular complexity index is 812. The fourth-order valence-electron chi connectivity index (χ4n) is 2.86. The first kappa shape index (κ1) is 15.9. The molecule has 2 heterocycles. The van der Waals surface area contributed by atoms with Crippen LogP contribution in [-0.2, 0) is 0 Å². The van der Waals surface area contributed by atoms with Crippen LogP contribution in [0.4, 0.5) is 11.5 Å². The van der Waals surface area contributed by atoms with Gasteiger partial charge in [-0.1, -0.05) is 0 Å². The molecule has 2 aromatic rings. The Balaban J connectivity index is 1.87. The first-order valence-electron chi connectivity index (χ1n) is 7.48. The normalized spacial score (nSPS) is 18.3.